The summed E-state index contributed by atoms with van der Waals surface area (Å²) in [5.41, 5.74) is -0.569. The number of carbonyl (C=O) groups is 1. The fourth-order valence-electron chi connectivity index (χ4n) is 3.16. The van der Waals surface area contributed by atoms with Crippen LogP contribution in [0, 0.1) is 5.92 Å². The van der Waals surface area contributed by atoms with Gasteiger partial charge in [-0.1, -0.05) is 0 Å². The molecule has 1 saturated heterocycles. The Labute approximate surface area is 104 Å². The average Bonchev–Trinajstić information content (AvgIpc) is 2.91. The molecule has 2 bridgehead atoms. The zero-order valence-electron chi connectivity index (χ0n) is 11.2. The second-order valence-electron chi connectivity index (χ2n) is 5.56. The van der Waals surface area contributed by atoms with Gasteiger partial charge in [0.15, 0.2) is 0 Å². The van der Waals surface area contributed by atoms with E-state index in [4.69, 9.17) is 4.74 Å². The summed E-state index contributed by atoms with van der Waals surface area (Å²) in [4.78, 5) is 14.4. The second-order valence-corrected chi connectivity index (χ2v) is 5.56. The van der Waals surface area contributed by atoms with E-state index in [-0.39, 0.29) is 5.97 Å². The van der Waals surface area contributed by atoms with Crippen molar-refractivity contribution in [2.45, 2.75) is 44.7 Å². The highest BCUT2D eigenvalue weighted by molar-refractivity contribution is 5.80. The summed E-state index contributed by atoms with van der Waals surface area (Å²) < 4.78 is 5.16. The summed E-state index contributed by atoms with van der Waals surface area (Å²) in [6.07, 6.45) is 3.99. The maximum absolute atomic E-state index is 12.0. The number of hydrogen-bond donors (Lipinski definition) is 1. The zero-order chi connectivity index (χ0) is 12.5. The van der Waals surface area contributed by atoms with Crippen molar-refractivity contribution >= 4 is 5.97 Å². The number of fused-ring (bicyclic) bond motifs is 2. The van der Waals surface area contributed by atoms with E-state index in [0.29, 0.717) is 12.6 Å². The smallest absolute Gasteiger partial charge is 0.327 e. The summed E-state index contributed by atoms with van der Waals surface area (Å²) in [7, 11) is 1.84. The Hall–Kier alpha value is -0.610. The highest BCUT2D eigenvalue weighted by atomic mass is 16.5. The molecule has 1 heterocycles. The number of rotatable bonds is 5. The highest BCUT2D eigenvalue weighted by Gasteiger charge is 2.43. The lowest BCUT2D eigenvalue weighted by Crippen LogP contribution is -2.57. The van der Waals surface area contributed by atoms with Crippen molar-refractivity contribution < 1.29 is 9.53 Å². The van der Waals surface area contributed by atoms with Crippen LogP contribution in [0.5, 0.6) is 0 Å². The molecule has 0 radical (unpaired) electrons. The molecule has 0 amide bonds. The highest BCUT2D eigenvalue weighted by Crippen LogP contribution is 2.37. The van der Waals surface area contributed by atoms with Crippen LogP contribution in [0.2, 0.25) is 0 Å². The minimum absolute atomic E-state index is 0.134. The molecule has 0 spiro atoms. The van der Waals surface area contributed by atoms with Crippen molar-refractivity contribution in [1.82, 2.24) is 10.2 Å². The number of esters is 1. The zero-order valence-corrected chi connectivity index (χ0v) is 11.2. The maximum Gasteiger partial charge on any atom is 0.327 e. The fraction of sp³-hybridized carbons (Fsp3) is 0.923. The van der Waals surface area contributed by atoms with E-state index in [1.807, 2.05) is 20.9 Å². The van der Waals surface area contributed by atoms with E-state index < -0.39 is 5.54 Å². The molecule has 1 saturated carbocycles. The van der Waals surface area contributed by atoms with E-state index in [9.17, 15) is 4.79 Å². The third kappa shape index (κ3) is 2.47. The van der Waals surface area contributed by atoms with Gasteiger partial charge in [-0.05, 0) is 46.1 Å². The molecular weight excluding hydrogens is 216 g/mol. The first-order chi connectivity index (χ1) is 8.09. The summed E-state index contributed by atoms with van der Waals surface area (Å²) in [6, 6.07) is 0.696. The van der Waals surface area contributed by atoms with Gasteiger partial charge in [-0.2, -0.15) is 0 Å². The predicted molar refractivity (Wildman–Crippen MR) is 66.8 cm³/mol. The molecule has 98 valence electrons. The molecule has 3 atom stereocenters. The molecule has 4 nitrogen and oxygen atoms in total. The van der Waals surface area contributed by atoms with Gasteiger partial charge in [0.25, 0.3) is 0 Å². The van der Waals surface area contributed by atoms with Crippen LogP contribution in [0.4, 0.5) is 0 Å². The molecule has 2 aliphatic rings. The molecule has 0 aromatic heterocycles. The van der Waals surface area contributed by atoms with Crippen molar-refractivity contribution in [2.24, 2.45) is 5.92 Å². The number of piperidine rings is 1. The molecule has 1 N–H and O–H groups in total. The summed E-state index contributed by atoms with van der Waals surface area (Å²) >= 11 is 0. The average molecular weight is 240 g/mol. The lowest BCUT2D eigenvalue weighted by molar-refractivity contribution is -0.151. The SMILES string of the molecule is CCOC(=O)C(C)(CN1CC2CCC1C2)NC. The van der Waals surface area contributed by atoms with Crippen LogP contribution in [-0.4, -0.2) is 49.2 Å². The van der Waals surface area contributed by atoms with Crippen molar-refractivity contribution in [1.29, 1.82) is 0 Å². The molecule has 4 heteroatoms. The number of ether oxygens (including phenoxy) is 1. The number of nitrogens with zero attached hydrogens (tertiary/aromatic N) is 1. The Morgan fingerprint density at radius 1 is 1.53 bits per heavy atom. The van der Waals surface area contributed by atoms with Crippen LogP contribution < -0.4 is 5.32 Å². The Morgan fingerprint density at radius 2 is 2.29 bits per heavy atom. The Kier molecular flexibility index (Phi) is 3.73. The molecule has 0 aromatic rings. The molecule has 3 unspecified atom stereocenters. The number of likely N-dealkylation sites (tertiary alicyclic amines) is 1. The standard InChI is InChI=1S/C13H24N2O2/c1-4-17-12(16)13(2,14-3)9-15-8-10-5-6-11(15)7-10/h10-11,14H,4-9H2,1-3H3. The van der Waals surface area contributed by atoms with Crippen molar-refractivity contribution in [3.63, 3.8) is 0 Å². The second kappa shape index (κ2) is 4.94. The van der Waals surface area contributed by atoms with Crippen molar-refractivity contribution in [2.75, 3.05) is 26.7 Å². The van der Waals surface area contributed by atoms with Gasteiger partial charge in [0.05, 0.1) is 6.61 Å². The van der Waals surface area contributed by atoms with E-state index in [1.54, 1.807) is 0 Å². The van der Waals surface area contributed by atoms with Crippen LogP contribution in [0.15, 0.2) is 0 Å². The largest absolute Gasteiger partial charge is 0.465 e. The van der Waals surface area contributed by atoms with Gasteiger partial charge >= 0.3 is 5.97 Å². The first kappa shape index (κ1) is 12.8. The summed E-state index contributed by atoms with van der Waals surface area (Å²) in [5.74, 6) is 0.730. The number of hydrogen-bond acceptors (Lipinski definition) is 4. The lowest BCUT2D eigenvalue weighted by Gasteiger charge is -2.35. The topological polar surface area (TPSA) is 41.6 Å². The predicted octanol–water partition coefficient (Wildman–Crippen LogP) is 1.01. The third-order valence-electron chi connectivity index (χ3n) is 4.32. The number of nitrogens with one attached hydrogen (secondary N) is 1. The summed E-state index contributed by atoms with van der Waals surface area (Å²) in [6.45, 7) is 6.16. The third-order valence-corrected chi connectivity index (χ3v) is 4.32. The van der Waals surface area contributed by atoms with Crippen LogP contribution in [0.3, 0.4) is 0 Å². The molecule has 1 aliphatic heterocycles. The van der Waals surface area contributed by atoms with Crippen molar-refractivity contribution in [3.8, 4) is 0 Å². The quantitative estimate of drug-likeness (QED) is 0.728. The van der Waals surface area contributed by atoms with Crippen molar-refractivity contribution in [3.05, 3.63) is 0 Å². The van der Waals surface area contributed by atoms with Gasteiger partial charge in [0, 0.05) is 19.1 Å². The molecule has 17 heavy (non-hydrogen) atoms. The number of likely N-dealkylation sites (N-methyl/N-ethyl adjacent to an activating group) is 1. The number of carbonyl (C=O) groups excluding carboxylic acids is 1. The van der Waals surface area contributed by atoms with E-state index in [1.165, 1.54) is 19.3 Å². The van der Waals surface area contributed by atoms with Crippen LogP contribution >= 0.6 is 0 Å². The van der Waals surface area contributed by atoms with Gasteiger partial charge in [0.1, 0.15) is 5.54 Å². The van der Waals surface area contributed by atoms with Gasteiger partial charge in [0.2, 0.25) is 0 Å². The van der Waals surface area contributed by atoms with Crippen LogP contribution in [0.25, 0.3) is 0 Å². The minimum Gasteiger partial charge on any atom is -0.465 e. The van der Waals surface area contributed by atoms with E-state index in [0.717, 1.165) is 19.0 Å². The van der Waals surface area contributed by atoms with Gasteiger partial charge < -0.3 is 10.1 Å². The molecule has 2 fully saturated rings. The normalized spacial score (nSPS) is 31.5. The van der Waals surface area contributed by atoms with E-state index in [2.05, 4.69) is 10.2 Å². The first-order valence-corrected chi connectivity index (χ1v) is 6.69. The van der Waals surface area contributed by atoms with Crippen LogP contribution in [0.1, 0.15) is 33.1 Å². The summed E-state index contributed by atoms with van der Waals surface area (Å²) in [5, 5.41) is 3.13. The maximum atomic E-state index is 12.0. The Bertz CT molecular complexity index is 295. The molecular formula is C13H24N2O2. The Balaban J connectivity index is 1.97. The lowest BCUT2D eigenvalue weighted by atomic mass is 10.0. The minimum atomic E-state index is -0.569. The molecule has 2 rings (SSSR count). The van der Waals surface area contributed by atoms with E-state index >= 15 is 0 Å². The fourth-order valence-corrected chi connectivity index (χ4v) is 3.16. The monoisotopic (exact) mass is 240 g/mol. The van der Waals surface area contributed by atoms with Gasteiger partial charge in [-0.15, -0.1) is 0 Å². The van der Waals surface area contributed by atoms with Gasteiger partial charge in [-0.3, -0.25) is 9.69 Å². The van der Waals surface area contributed by atoms with Gasteiger partial charge in [-0.25, -0.2) is 0 Å². The van der Waals surface area contributed by atoms with Crippen LogP contribution in [-0.2, 0) is 9.53 Å². The molecule has 1 aliphatic carbocycles. The molecule has 0 aromatic carbocycles. The first-order valence-electron chi connectivity index (χ1n) is 6.69. The Morgan fingerprint density at radius 3 is 2.76 bits per heavy atom.